The van der Waals surface area contributed by atoms with Crippen LogP contribution in [0.25, 0.3) is 50.0 Å². The van der Waals surface area contributed by atoms with Crippen LogP contribution in [-0.2, 0) is 31.9 Å². The molecular weight excluding hydrogens is 810 g/mol. The predicted octanol–water partition coefficient (Wildman–Crippen LogP) is 9.83. The normalized spacial score (nSPS) is 12.3. The number of hydrogen-bond donors (Lipinski definition) is 1. The number of phenols is 1. The summed E-state index contributed by atoms with van der Waals surface area (Å²) in [5.74, 6) is 0.215. The fourth-order valence-corrected chi connectivity index (χ4v) is 8.93. The molecule has 256 valence electrons. The molecule has 0 saturated heterocycles. The van der Waals surface area contributed by atoms with Crippen LogP contribution in [0.3, 0.4) is 0 Å². The molecule has 3 heterocycles. The Morgan fingerprint density at radius 1 is 0.700 bits per heavy atom. The van der Waals surface area contributed by atoms with Crippen molar-refractivity contribution in [3.8, 4) is 33.8 Å². The van der Waals surface area contributed by atoms with Gasteiger partial charge in [-0.25, -0.2) is 0 Å². The largest absolute Gasteiger partial charge is 0.506 e. The van der Waals surface area contributed by atoms with Crippen molar-refractivity contribution in [3.05, 3.63) is 133 Å². The Morgan fingerprint density at radius 2 is 1.40 bits per heavy atom. The van der Waals surface area contributed by atoms with E-state index in [1.165, 1.54) is 10.8 Å². The van der Waals surface area contributed by atoms with Crippen LogP contribution in [0.4, 0.5) is 0 Å². The number of phenolic OH excluding ortho intramolecular Hbond substituents is 1. The maximum absolute atomic E-state index is 11.2. The van der Waals surface area contributed by atoms with E-state index in [0.29, 0.717) is 5.69 Å². The van der Waals surface area contributed by atoms with Gasteiger partial charge in [0.1, 0.15) is 19.5 Å². The van der Waals surface area contributed by atoms with Crippen LogP contribution in [0.15, 0.2) is 115 Å². The van der Waals surface area contributed by atoms with Gasteiger partial charge in [0, 0.05) is 43.4 Å². The molecule has 0 aliphatic rings. The average Bonchev–Trinajstić information content (AvgIpc) is 3.40. The van der Waals surface area contributed by atoms with Gasteiger partial charge in [-0.05, 0) is 64.0 Å². The first-order chi connectivity index (χ1) is 23.2. The fraction of sp³-hybridized carbons (Fsp3) is 0.227. The Balaban J connectivity index is 0.00000432. The van der Waals surface area contributed by atoms with Crippen molar-refractivity contribution in [1.82, 2.24) is 14.5 Å². The topological polar surface area (TPSA) is 50.9 Å². The van der Waals surface area contributed by atoms with Gasteiger partial charge in [0.15, 0.2) is 0 Å². The summed E-state index contributed by atoms with van der Waals surface area (Å²) in [6, 6.07) is 41.8. The molecule has 3 aromatic heterocycles. The van der Waals surface area contributed by atoms with E-state index in [1.807, 2.05) is 30.5 Å². The molecule has 0 saturated carbocycles. The van der Waals surface area contributed by atoms with Gasteiger partial charge in [-0.1, -0.05) is 121 Å². The number of benzene rings is 4. The average molecular weight is 854 g/mol. The van der Waals surface area contributed by atoms with Crippen LogP contribution < -0.4 is 10.5 Å². The van der Waals surface area contributed by atoms with Crippen LogP contribution in [0.2, 0.25) is 13.1 Å². The van der Waals surface area contributed by atoms with Crippen LogP contribution in [0, 0.1) is 6.07 Å². The van der Waals surface area contributed by atoms with E-state index in [9.17, 15) is 5.11 Å². The predicted molar refractivity (Wildman–Crippen MR) is 208 cm³/mol. The van der Waals surface area contributed by atoms with Gasteiger partial charge in [-0.15, -0.1) is 34.5 Å². The molecule has 7 rings (SSSR count). The standard InChI is InChI=1S/C44H44N3OSi.Pt/c1-43(2,3)32-21-22-37-34(27-32)35-28-36(44(4,5)6)41(46-42(35)47(37)38-18-12-13-19-39(38)48)31-24-30(29-16-10-9-11-17-29)25-33(26-31)49(7,8)40-20-14-15-23-45-40;/h9-25,27-28,48H,1-8H3;/q-1;. The van der Waals surface area contributed by atoms with Gasteiger partial charge in [-0.3, -0.25) is 14.5 Å². The van der Waals surface area contributed by atoms with Crippen molar-refractivity contribution in [2.75, 3.05) is 0 Å². The summed E-state index contributed by atoms with van der Waals surface area (Å²) in [7, 11) is -2.26. The van der Waals surface area contributed by atoms with Crippen LogP contribution in [-0.4, -0.2) is 27.7 Å². The number of rotatable bonds is 5. The van der Waals surface area contributed by atoms with E-state index in [2.05, 4.69) is 144 Å². The molecule has 0 aliphatic carbocycles. The van der Waals surface area contributed by atoms with E-state index >= 15 is 0 Å². The Kier molecular flexibility index (Phi) is 9.30. The van der Waals surface area contributed by atoms with Crippen molar-refractivity contribution < 1.29 is 26.2 Å². The van der Waals surface area contributed by atoms with Gasteiger partial charge < -0.3 is 5.11 Å². The van der Waals surface area contributed by atoms with Gasteiger partial charge in [0.25, 0.3) is 0 Å². The Labute approximate surface area is 311 Å². The van der Waals surface area contributed by atoms with Gasteiger partial charge in [-0.2, -0.15) is 0 Å². The number of pyridine rings is 2. The summed E-state index contributed by atoms with van der Waals surface area (Å²) >= 11 is 0. The molecule has 0 fully saturated rings. The molecule has 0 atom stereocenters. The van der Waals surface area contributed by atoms with E-state index in [4.69, 9.17) is 9.97 Å². The van der Waals surface area contributed by atoms with Crippen LogP contribution in [0.1, 0.15) is 52.7 Å². The summed E-state index contributed by atoms with van der Waals surface area (Å²) < 4.78 is 2.12. The molecule has 6 heteroatoms. The Hall–Kier alpha value is -4.31. The zero-order valence-electron chi connectivity index (χ0n) is 30.1. The molecule has 0 spiro atoms. The molecule has 0 unspecified atom stereocenters. The third kappa shape index (κ3) is 6.38. The molecule has 0 bridgehead atoms. The van der Waals surface area contributed by atoms with Crippen molar-refractivity contribution in [3.63, 3.8) is 0 Å². The number of aromatic hydroxyl groups is 1. The molecule has 0 radical (unpaired) electrons. The van der Waals surface area contributed by atoms with Gasteiger partial charge in [0.05, 0.1) is 11.2 Å². The van der Waals surface area contributed by atoms with Crippen molar-refractivity contribution in [2.24, 2.45) is 0 Å². The second-order valence-electron chi connectivity index (χ2n) is 15.7. The second kappa shape index (κ2) is 13.1. The molecule has 0 aliphatic heterocycles. The summed E-state index contributed by atoms with van der Waals surface area (Å²) in [4.78, 5) is 10.4. The first-order valence-electron chi connectivity index (χ1n) is 17.1. The van der Waals surface area contributed by atoms with E-state index in [0.717, 1.165) is 55.2 Å². The van der Waals surface area contributed by atoms with Crippen LogP contribution in [0.5, 0.6) is 5.75 Å². The van der Waals surface area contributed by atoms with Crippen molar-refractivity contribution >= 4 is 40.5 Å². The molecule has 7 aromatic rings. The number of hydrogen-bond acceptors (Lipinski definition) is 3. The summed E-state index contributed by atoms with van der Waals surface area (Å²) in [5.41, 5.74) is 8.86. The van der Waals surface area contributed by atoms with Gasteiger partial charge in [0.2, 0.25) is 0 Å². The zero-order chi connectivity index (χ0) is 34.7. The first kappa shape index (κ1) is 35.5. The number of para-hydroxylation sites is 2. The maximum atomic E-state index is 11.2. The molecule has 4 aromatic carbocycles. The maximum Gasteiger partial charge on any atom is 0.139 e. The first-order valence-corrected chi connectivity index (χ1v) is 20.1. The molecule has 1 N–H and O–H groups in total. The van der Waals surface area contributed by atoms with E-state index < -0.39 is 8.07 Å². The SMILES string of the molecule is CC(C)(C)c1ccc2c(c1)c1cc(C(C)(C)C)c(-c3[c-]c([Si](C)(C)c4ccccn4)cc(-c4ccccc4)c3)nc1n2-c1ccccc1O.[Pt]. The number of fused-ring (bicyclic) bond motifs is 3. The minimum absolute atomic E-state index is 0. The number of aromatic nitrogens is 3. The second-order valence-corrected chi connectivity index (χ2v) is 20.0. The molecule has 0 amide bonds. The Bertz CT molecular complexity index is 2330. The van der Waals surface area contributed by atoms with Crippen molar-refractivity contribution in [2.45, 2.75) is 65.5 Å². The number of nitrogens with zero attached hydrogens (tertiary/aromatic N) is 3. The summed E-state index contributed by atoms with van der Waals surface area (Å²) in [6.07, 6.45) is 1.89. The summed E-state index contributed by atoms with van der Waals surface area (Å²) in [5, 5.41) is 15.7. The van der Waals surface area contributed by atoms with Crippen molar-refractivity contribution in [1.29, 1.82) is 0 Å². The summed E-state index contributed by atoms with van der Waals surface area (Å²) in [6.45, 7) is 18.2. The molecule has 4 nitrogen and oxygen atoms in total. The van der Waals surface area contributed by atoms with E-state index in [-0.39, 0.29) is 37.6 Å². The quantitative estimate of drug-likeness (QED) is 0.139. The monoisotopic (exact) mass is 853 g/mol. The smallest absolute Gasteiger partial charge is 0.139 e. The van der Waals surface area contributed by atoms with E-state index in [1.54, 1.807) is 6.07 Å². The zero-order valence-corrected chi connectivity index (χ0v) is 33.3. The molecule has 50 heavy (non-hydrogen) atoms. The Morgan fingerprint density at radius 3 is 2.06 bits per heavy atom. The third-order valence-corrected chi connectivity index (χ3v) is 12.9. The third-order valence-electron chi connectivity index (χ3n) is 9.75. The fourth-order valence-electron chi connectivity index (χ4n) is 6.78. The minimum atomic E-state index is -2.26. The van der Waals surface area contributed by atoms with Gasteiger partial charge >= 0.3 is 0 Å². The minimum Gasteiger partial charge on any atom is -0.506 e. The van der Waals surface area contributed by atoms with Crippen LogP contribution >= 0.6 is 0 Å². The molecular formula is C44H44N3OPtSi-.